The SMILES string of the molecule is Nc1ccc(CCNC2CCCCCC2)cc1. The smallest absolute Gasteiger partial charge is 0.0314 e. The van der Waals surface area contributed by atoms with E-state index in [4.69, 9.17) is 5.73 Å². The molecule has 1 aliphatic rings. The van der Waals surface area contributed by atoms with Crippen molar-refractivity contribution in [1.82, 2.24) is 5.32 Å². The van der Waals surface area contributed by atoms with Crippen LogP contribution in [0.25, 0.3) is 0 Å². The van der Waals surface area contributed by atoms with E-state index in [1.165, 1.54) is 44.1 Å². The van der Waals surface area contributed by atoms with Crippen LogP contribution in [-0.4, -0.2) is 12.6 Å². The van der Waals surface area contributed by atoms with Gasteiger partial charge in [0, 0.05) is 11.7 Å². The number of anilines is 1. The first-order chi connectivity index (χ1) is 8.34. The average molecular weight is 232 g/mol. The molecule has 0 heterocycles. The Bertz CT molecular complexity index is 310. The summed E-state index contributed by atoms with van der Waals surface area (Å²) in [6.07, 6.45) is 9.49. The average Bonchev–Trinajstić information content (AvgIpc) is 2.60. The monoisotopic (exact) mass is 232 g/mol. The zero-order chi connectivity index (χ0) is 11.9. The van der Waals surface area contributed by atoms with Gasteiger partial charge in [0.1, 0.15) is 0 Å². The van der Waals surface area contributed by atoms with Crippen molar-refractivity contribution >= 4 is 5.69 Å². The van der Waals surface area contributed by atoms with E-state index in [1.807, 2.05) is 12.1 Å². The van der Waals surface area contributed by atoms with Crippen LogP contribution in [0, 0.1) is 0 Å². The van der Waals surface area contributed by atoms with Gasteiger partial charge < -0.3 is 11.1 Å². The molecule has 2 nitrogen and oxygen atoms in total. The minimum absolute atomic E-state index is 0.756. The summed E-state index contributed by atoms with van der Waals surface area (Å²) in [5.41, 5.74) is 7.90. The molecule has 0 spiro atoms. The van der Waals surface area contributed by atoms with Crippen molar-refractivity contribution in [2.45, 2.75) is 51.0 Å². The van der Waals surface area contributed by atoms with E-state index in [1.54, 1.807) is 0 Å². The second-order valence-corrected chi connectivity index (χ2v) is 5.13. The van der Waals surface area contributed by atoms with Crippen molar-refractivity contribution in [2.75, 3.05) is 12.3 Å². The van der Waals surface area contributed by atoms with Crippen LogP contribution >= 0.6 is 0 Å². The van der Waals surface area contributed by atoms with E-state index in [0.717, 1.165) is 24.7 Å². The number of nitrogens with one attached hydrogen (secondary N) is 1. The molecule has 94 valence electrons. The molecule has 1 saturated carbocycles. The van der Waals surface area contributed by atoms with Crippen LogP contribution in [0.4, 0.5) is 5.69 Å². The molecular formula is C15H24N2. The lowest BCUT2D eigenvalue weighted by Crippen LogP contribution is -2.30. The summed E-state index contributed by atoms with van der Waals surface area (Å²) in [6.45, 7) is 1.09. The molecule has 0 aliphatic heterocycles. The van der Waals surface area contributed by atoms with Gasteiger partial charge in [-0.25, -0.2) is 0 Å². The Balaban J connectivity index is 1.69. The first-order valence-electron chi connectivity index (χ1n) is 6.92. The molecule has 0 atom stereocenters. The fourth-order valence-electron chi connectivity index (χ4n) is 2.59. The van der Waals surface area contributed by atoms with Gasteiger partial charge in [0.25, 0.3) is 0 Å². The normalized spacial score (nSPS) is 17.9. The fourth-order valence-corrected chi connectivity index (χ4v) is 2.59. The number of rotatable bonds is 4. The molecule has 0 radical (unpaired) electrons. The van der Waals surface area contributed by atoms with E-state index in [-0.39, 0.29) is 0 Å². The largest absolute Gasteiger partial charge is 0.399 e. The van der Waals surface area contributed by atoms with Crippen LogP contribution < -0.4 is 11.1 Å². The number of nitrogen functional groups attached to an aromatic ring is 1. The highest BCUT2D eigenvalue weighted by molar-refractivity contribution is 5.39. The lowest BCUT2D eigenvalue weighted by Gasteiger charge is -2.16. The predicted molar refractivity (Wildman–Crippen MR) is 74.1 cm³/mol. The molecule has 2 rings (SSSR count). The molecule has 0 aromatic heterocycles. The summed E-state index contributed by atoms with van der Waals surface area (Å²) in [4.78, 5) is 0. The van der Waals surface area contributed by atoms with Crippen molar-refractivity contribution in [2.24, 2.45) is 0 Å². The van der Waals surface area contributed by atoms with E-state index in [0.29, 0.717) is 0 Å². The highest BCUT2D eigenvalue weighted by atomic mass is 14.9. The summed E-state index contributed by atoms with van der Waals surface area (Å²) < 4.78 is 0. The maximum absolute atomic E-state index is 5.67. The Morgan fingerprint density at radius 2 is 1.65 bits per heavy atom. The van der Waals surface area contributed by atoms with Gasteiger partial charge in [-0.1, -0.05) is 37.8 Å². The summed E-state index contributed by atoms with van der Waals surface area (Å²) in [7, 11) is 0. The topological polar surface area (TPSA) is 38.0 Å². The van der Waals surface area contributed by atoms with Crippen molar-refractivity contribution < 1.29 is 0 Å². The van der Waals surface area contributed by atoms with E-state index >= 15 is 0 Å². The Kier molecular flexibility index (Phi) is 4.87. The number of hydrogen-bond donors (Lipinski definition) is 2. The molecule has 1 fully saturated rings. The van der Waals surface area contributed by atoms with Crippen LogP contribution in [0.2, 0.25) is 0 Å². The molecule has 1 aromatic carbocycles. The standard InChI is InChI=1S/C15H24N2/c16-14-9-7-13(8-10-14)11-12-17-15-5-3-1-2-4-6-15/h7-10,15,17H,1-6,11-12,16H2. The molecule has 0 saturated heterocycles. The first kappa shape index (κ1) is 12.4. The summed E-state index contributed by atoms with van der Waals surface area (Å²) in [6, 6.07) is 8.99. The van der Waals surface area contributed by atoms with Gasteiger partial charge in [0.2, 0.25) is 0 Å². The molecular weight excluding hydrogens is 208 g/mol. The second-order valence-electron chi connectivity index (χ2n) is 5.13. The zero-order valence-electron chi connectivity index (χ0n) is 10.6. The Morgan fingerprint density at radius 1 is 1.00 bits per heavy atom. The van der Waals surface area contributed by atoms with Gasteiger partial charge in [-0.05, 0) is 43.5 Å². The lowest BCUT2D eigenvalue weighted by molar-refractivity contribution is 0.463. The van der Waals surface area contributed by atoms with Gasteiger partial charge in [0.15, 0.2) is 0 Å². The van der Waals surface area contributed by atoms with E-state index in [2.05, 4.69) is 17.4 Å². The van der Waals surface area contributed by atoms with Crippen molar-refractivity contribution in [3.05, 3.63) is 29.8 Å². The highest BCUT2D eigenvalue weighted by Gasteiger charge is 2.10. The number of benzene rings is 1. The van der Waals surface area contributed by atoms with Gasteiger partial charge in [-0.15, -0.1) is 0 Å². The molecule has 2 heteroatoms. The third kappa shape index (κ3) is 4.39. The van der Waals surface area contributed by atoms with Gasteiger partial charge in [-0.2, -0.15) is 0 Å². The molecule has 1 aliphatic carbocycles. The molecule has 1 aromatic rings. The Labute approximate surface area is 105 Å². The summed E-state index contributed by atoms with van der Waals surface area (Å²) in [5, 5.41) is 3.69. The zero-order valence-corrected chi connectivity index (χ0v) is 10.6. The third-order valence-corrected chi connectivity index (χ3v) is 3.68. The predicted octanol–water partition coefficient (Wildman–Crippen LogP) is 3.12. The van der Waals surface area contributed by atoms with E-state index < -0.39 is 0 Å². The molecule has 0 amide bonds. The van der Waals surface area contributed by atoms with Crippen molar-refractivity contribution in [3.63, 3.8) is 0 Å². The van der Waals surface area contributed by atoms with Crippen molar-refractivity contribution in [3.8, 4) is 0 Å². The van der Waals surface area contributed by atoms with Crippen LogP contribution in [-0.2, 0) is 6.42 Å². The lowest BCUT2D eigenvalue weighted by atomic mass is 10.1. The maximum atomic E-state index is 5.67. The van der Waals surface area contributed by atoms with Crippen LogP contribution in [0.5, 0.6) is 0 Å². The maximum Gasteiger partial charge on any atom is 0.0314 e. The van der Waals surface area contributed by atoms with Crippen LogP contribution in [0.3, 0.4) is 0 Å². The van der Waals surface area contributed by atoms with Crippen molar-refractivity contribution in [1.29, 1.82) is 0 Å². The summed E-state index contributed by atoms with van der Waals surface area (Å²) >= 11 is 0. The van der Waals surface area contributed by atoms with E-state index in [9.17, 15) is 0 Å². The third-order valence-electron chi connectivity index (χ3n) is 3.68. The molecule has 17 heavy (non-hydrogen) atoms. The fraction of sp³-hybridized carbons (Fsp3) is 0.600. The Hall–Kier alpha value is -1.02. The molecule has 0 bridgehead atoms. The quantitative estimate of drug-likeness (QED) is 0.618. The minimum atomic E-state index is 0.756. The Morgan fingerprint density at radius 3 is 2.29 bits per heavy atom. The second kappa shape index (κ2) is 6.65. The summed E-state index contributed by atoms with van der Waals surface area (Å²) in [5.74, 6) is 0. The van der Waals surface area contributed by atoms with Crippen LogP contribution in [0.1, 0.15) is 44.1 Å². The first-order valence-corrected chi connectivity index (χ1v) is 6.92. The number of hydrogen-bond acceptors (Lipinski definition) is 2. The van der Waals surface area contributed by atoms with Gasteiger partial charge in [0.05, 0.1) is 0 Å². The molecule has 3 N–H and O–H groups in total. The molecule has 0 unspecified atom stereocenters. The number of nitrogens with two attached hydrogens (primary N) is 1. The van der Waals surface area contributed by atoms with Crippen LogP contribution in [0.15, 0.2) is 24.3 Å². The van der Waals surface area contributed by atoms with Gasteiger partial charge in [-0.3, -0.25) is 0 Å². The van der Waals surface area contributed by atoms with Gasteiger partial charge >= 0.3 is 0 Å². The highest BCUT2D eigenvalue weighted by Crippen LogP contribution is 2.17. The minimum Gasteiger partial charge on any atom is -0.399 e.